The largest absolute Gasteiger partial charge is 0.344 e. The lowest BCUT2D eigenvalue weighted by Crippen LogP contribution is -2.49. The fourth-order valence-corrected chi connectivity index (χ4v) is 4.38. The number of rotatable bonds is 7. The van der Waals surface area contributed by atoms with E-state index in [1.807, 2.05) is 53.9 Å². The van der Waals surface area contributed by atoms with E-state index < -0.39 is 17.5 Å². The van der Waals surface area contributed by atoms with Crippen LogP contribution in [0.25, 0.3) is 0 Å². The Bertz CT molecular complexity index is 997. The van der Waals surface area contributed by atoms with Gasteiger partial charge in [0, 0.05) is 11.3 Å². The molecule has 0 unspecified atom stereocenters. The third-order valence-corrected chi connectivity index (χ3v) is 6.01. The van der Waals surface area contributed by atoms with Gasteiger partial charge in [-0.05, 0) is 35.4 Å². The number of thiophene rings is 1. The molecule has 0 saturated carbocycles. The predicted molar refractivity (Wildman–Crippen MR) is 114 cm³/mol. The van der Waals surface area contributed by atoms with Crippen LogP contribution in [0.15, 0.2) is 78.2 Å². The number of benzene rings is 2. The highest BCUT2D eigenvalue weighted by atomic mass is 32.1. The van der Waals surface area contributed by atoms with E-state index >= 15 is 0 Å². The van der Waals surface area contributed by atoms with Crippen molar-refractivity contribution in [3.05, 3.63) is 94.2 Å². The lowest BCUT2D eigenvalue weighted by Gasteiger charge is -2.27. The van der Waals surface area contributed by atoms with Crippen LogP contribution >= 0.6 is 11.3 Å². The van der Waals surface area contributed by atoms with Crippen LogP contribution < -0.4 is 10.7 Å². The van der Waals surface area contributed by atoms with E-state index in [9.17, 15) is 14.4 Å². The van der Waals surface area contributed by atoms with Crippen LogP contribution in [0, 0.1) is 0 Å². The number of hydrogen-bond donors (Lipinski definition) is 2. The van der Waals surface area contributed by atoms with Crippen molar-refractivity contribution in [1.82, 2.24) is 15.8 Å². The molecule has 7 heteroatoms. The van der Waals surface area contributed by atoms with Crippen molar-refractivity contribution in [2.45, 2.75) is 24.8 Å². The Labute approximate surface area is 178 Å². The van der Waals surface area contributed by atoms with Gasteiger partial charge in [0.15, 0.2) is 5.54 Å². The maximum Gasteiger partial charge on any atom is 0.344 e. The van der Waals surface area contributed by atoms with Crippen molar-refractivity contribution in [2.75, 3.05) is 0 Å². The second kappa shape index (κ2) is 8.51. The molecule has 4 amide bonds. The number of urea groups is 1. The van der Waals surface area contributed by atoms with Crippen LogP contribution in [0.5, 0.6) is 0 Å². The molecular weight excluding hydrogens is 398 g/mol. The van der Waals surface area contributed by atoms with Crippen LogP contribution in [0.3, 0.4) is 0 Å². The van der Waals surface area contributed by atoms with Gasteiger partial charge in [0.2, 0.25) is 5.91 Å². The van der Waals surface area contributed by atoms with Crippen molar-refractivity contribution < 1.29 is 14.4 Å². The fourth-order valence-electron chi connectivity index (χ4n) is 3.62. The van der Waals surface area contributed by atoms with Gasteiger partial charge in [-0.15, -0.1) is 11.3 Å². The first-order chi connectivity index (χ1) is 14.6. The van der Waals surface area contributed by atoms with Gasteiger partial charge in [-0.2, -0.15) is 5.01 Å². The van der Waals surface area contributed by atoms with Crippen LogP contribution in [0.1, 0.15) is 28.8 Å². The second-order valence-electron chi connectivity index (χ2n) is 7.02. The summed E-state index contributed by atoms with van der Waals surface area (Å²) < 4.78 is 0. The van der Waals surface area contributed by atoms with E-state index in [-0.39, 0.29) is 12.3 Å². The summed E-state index contributed by atoms with van der Waals surface area (Å²) in [5.41, 5.74) is 2.36. The Morgan fingerprint density at radius 2 is 1.57 bits per heavy atom. The van der Waals surface area contributed by atoms with Crippen molar-refractivity contribution >= 4 is 29.2 Å². The summed E-state index contributed by atoms with van der Waals surface area (Å²) in [5.74, 6) is -0.900. The Morgan fingerprint density at radius 1 is 0.933 bits per heavy atom. The zero-order valence-electron chi connectivity index (χ0n) is 16.2. The minimum Gasteiger partial charge on any atom is -0.314 e. The first-order valence-corrected chi connectivity index (χ1v) is 10.6. The maximum atomic E-state index is 13.5. The number of carbonyl (C=O) groups is 3. The molecule has 2 aromatic carbocycles. The molecule has 4 rings (SSSR count). The highest BCUT2D eigenvalue weighted by Crippen LogP contribution is 2.35. The quantitative estimate of drug-likeness (QED) is 0.575. The summed E-state index contributed by atoms with van der Waals surface area (Å²) >= 11 is 1.64. The zero-order chi connectivity index (χ0) is 21.0. The molecule has 3 aromatic rings. The number of hydrogen-bond acceptors (Lipinski definition) is 4. The Balaban J connectivity index is 1.54. The molecular formula is C23H21N3O3S. The molecule has 0 radical (unpaired) electrons. The Morgan fingerprint density at radius 3 is 2.13 bits per heavy atom. The molecule has 0 spiro atoms. The molecule has 0 bridgehead atoms. The number of aryl methyl sites for hydroxylation is 1. The molecule has 1 aliphatic rings. The molecule has 1 fully saturated rings. The minimum absolute atomic E-state index is 0.221. The molecule has 2 N–H and O–H groups in total. The molecule has 152 valence electrons. The van der Waals surface area contributed by atoms with E-state index in [2.05, 4.69) is 10.7 Å². The topological polar surface area (TPSA) is 78.5 Å². The van der Waals surface area contributed by atoms with Gasteiger partial charge in [-0.3, -0.25) is 15.0 Å². The summed E-state index contributed by atoms with van der Waals surface area (Å²) in [4.78, 5) is 39.8. The molecule has 1 aromatic heterocycles. The van der Waals surface area contributed by atoms with E-state index in [1.165, 1.54) is 4.88 Å². The molecule has 1 aliphatic heterocycles. The number of nitrogens with one attached hydrogen (secondary N) is 2. The smallest absolute Gasteiger partial charge is 0.314 e. The number of hydrazine groups is 1. The average molecular weight is 420 g/mol. The summed E-state index contributed by atoms with van der Waals surface area (Å²) in [6.45, 7) is 0. The van der Waals surface area contributed by atoms with Gasteiger partial charge >= 0.3 is 6.03 Å². The lowest BCUT2D eigenvalue weighted by atomic mass is 9.83. The van der Waals surface area contributed by atoms with Crippen LogP contribution in [0.4, 0.5) is 4.79 Å². The van der Waals surface area contributed by atoms with Crippen LogP contribution in [0.2, 0.25) is 0 Å². The van der Waals surface area contributed by atoms with E-state index in [1.54, 1.807) is 35.6 Å². The summed E-state index contributed by atoms with van der Waals surface area (Å²) in [5, 5.41) is 5.60. The second-order valence-corrected chi connectivity index (χ2v) is 8.05. The predicted octanol–water partition coefficient (Wildman–Crippen LogP) is 3.60. The monoisotopic (exact) mass is 419 g/mol. The Hall–Kier alpha value is -3.45. The van der Waals surface area contributed by atoms with Gasteiger partial charge in [-0.1, -0.05) is 66.7 Å². The molecule has 30 heavy (non-hydrogen) atoms. The number of nitrogens with zero attached hydrogens (tertiary/aromatic N) is 1. The Kier molecular flexibility index (Phi) is 5.63. The first-order valence-electron chi connectivity index (χ1n) is 9.71. The van der Waals surface area contributed by atoms with Gasteiger partial charge in [0.1, 0.15) is 0 Å². The highest BCUT2D eigenvalue weighted by molar-refractivity contribution is 7.09. The maximum absolute atomic E-state index is 13.5. The first kappa shape index (κ1) is 19.8. The summed E-state index contributed by atoms with van der Waals surface area (Å²) in [7, 11) is 0. The molecule has 0 aliphatic carbocycles. The van der Waals surface area contributed by atoms with Crippen LogP contribution in [-0.4, -0.2) is 22.9 Å². The number of imide groups is 1. The van der Waals surface area contributed by atoms with Gasteiger partial charge < -0.3 is 5.32 Å². The zero-order valence-corrected chi connectivity index (χ0v) is 17.0. The SMILES string of the molecule is O=C(CCCc1cccs1)NN1C(=O)NC(c2ccccc2)(c2ccccc2)C1=O. The van der Waals surface area contributed by atoms with Crippen molar-refractivity contribution in [2.24, 2.45) is 0 Å². The van der Waals surface area contributed by atoms with Gasteiger partial charge in [-0.25, -0.2) is 4.79 Å². The highest BCUT2D eigenvalue weighted by Gasteiger charge is 2.54. The lowest BCUT2D eigenvalue weighted by molar-refractivity contribution is -0.138. The van der Waals surface area contributed by atoms with E-state index in [4.69, 9.17) is 0 Å². The summed E-state index contributed by atoms with van der Waals surface area (Å²) in [6.07, 6.45) is 1.64. The van der Waals surface area contributed by atoms with Crippen molar-refractivity contribution in [3.8, 4) is 0 Å². The minimum atomic E-state index is -1.39. The normalized spacial score (nSPS) is 15.1. The third kappa shape index (κ3) is 3.71. The summed E-state index contributed by atoms with van der Waals surface area (Å²) in [6, 6.07) is 21.4. The molecule has 6 nitrogen and oxygen atoms in total. The molecule has 2 heterocycles. The van der Waals surface area contributed by atoms with Gasteiger partial charge in [0.05, 0.1) is 0 Å². The third-order valence-electron chi connectivity index (χ3n) is 5.08. The van der Waals surface area contributed by atoms with Gasteiger partial charge in [0.25, 0.3) is 5.91 Å². The average Bonchev–Trinajstić information content (AvgIpc) is 3.38. The van der Waals surface area contributed by atoms with Crippen molar-refractivity contribution in [3.63, 3.8) is 0 Å². The van der Waals surface area contributed by atoms with Crippen molar-refractivity contribution in [1.29, 1.82) is 0 Å². The van der Waals surface area contributed by atoms with E-state index in [0.717, 1.165) is 11.4 Å². The standard InChI is InChI=1S/C23H21N3O3S/c27-20(15-7-13-19-14-8-16-30-19)25-26-21(28)23(24-22(26)29,17-9-3-1-4-10-17)18-11-5-2-6-12-18/h1-6,8-12,14,16H,7,13,15H2,(H,24,29)(H,25,27). The molecule has 0 atom stereocenters. The van der Waals surface area contributed by atoms with Crippen LogP contribution in [-0.2, 0) is 21.5 Å². The molecule has 1 saturated heterocycles. The van der Waals surface area contributed by atoms with E-state index in [0.29, 0.717) is 17.5 Å². The fraction of sp³-hybridized carbons (Fsp3) is 0.174. The number of carbonyl (C=O) groups excluding carboxylic acids is 3. The number of amides is 4.